The molecule has 0 aliphatic heterocycles. The van der Waals surface area contributed by atoms with Crippen LogP contribution in [0, 0.1) is 13.8 Å². The number of rotatable bonds is 3. The van der Waals surface area contributed by atoms with E-state index in [0.29, 0.717) is 5.69 Å². The van der Waals surface area contributed by atoms with Gasteiger partial charge in [-0.1, -0.05) is 17.7 Å². The summed E-state index contributed by atoms with van der Waals surface area (Å²) in [5.74, 6) is -0.998. The molecule has 5 nitrogen and oxygen atoms in total. The second-order valence-corrected chi connectivity index (χ2v) is 4.28. The zero-order valence-electron chi connectivity index (χ0n) is 10.6. The molecule has 0 aliphatic carbocycles. The average Bonchev–Trinajstić information content (AvgIpc) is 2.64. The number of anilines is 2. The molecule has 0 bridgehead atoms. The Morgan fingerprint density at radius 1 is 1.33 bits per heavy atom. The molecule has 2 aromatic rings. The maximum Gasteiger partial charge on any atom is 0.356 e. The molecule has 1 aromatic carbocycles. The van der Waals surface area contributed by atoms with Crippen molar-refractivity contribution in [2.24, 2.45) is 7.05 Å². The van der Waals surface area contributed by atoms with E-state index in [1.165, 1.54) is 16.4 Å². The predicted molar refractivity (Wildman–Crippen MR) is 69.4 cm³/mol. The second kappa shape index (κ2) is 4.52. The normalized spacial score (nSPS) is 10.4. The van der Waals surface area contributed by atoms with Gasteiger partial charge >= 0.3 is 5.97 Å². The lowest BCUT2D eigenvalue weighted by Gasteiger charge is -2.09. The van der Waals surface area contributed by atoms with Crippen molar-refractivity contribution in [2.75, 3.05) is 5.32 Å². The van der Waals surface area contributed by atoms with Crippen LogP contribution in [0.25, 0.3) is 0 Å². The first-order valence-corrected chi connectivity index (χ1v) is 5.58. The van der Waals surface area contributed by atoms with E-state index in [2.05, 4.69) is 10.4 Å². The molecule has 0 atom stereocenters. The SMILES string of the molecule is Cc1ccc(Nc2cnn(C)c2C(=O)O)c(C)c1. The van der Waals surface area contributed by atoms with Crippen LogP contribution in [0.3, 0.4) is 0 Å². The van der Waals surface area contributed by atoms with Gasteiger partial charge in [-0.25, -0.2) is 4.79 Å². The Labute approximate surface area is 105 Å². The van der Waals surface area contributed by atoms with Gasteiger partial charge in [0.05, 0.1) is 11.9 Å². The van der Waals surface area contributed by atoms with Crippen molar-refractivity contribution in [3.05, 3.63) is 41.2 Å². The van der Waals surface area contributed by atoms with E-state index >= 15 is 0 Å². The first-order chi connectivity index (χ1) is 8.49. The molecule has 0 fully saturated rings. The van der Waals surface area contributed by atoms with E-state index in [9.17, 15) is 4.79 Å². The molecule has 0 saturated heterocycles. The molecular weight excluding hydrogens is 230 g/mol. The molecule has 0 amide bonds. The van der Waals surface area contributed by atoms with Gasteiger partial charge in [0.25, 0.3) is 0 Å². The minimum atomic E-state index is -0.998. The highest BCUT2D eigenvalue weighted by Gasteiger charge is 2.16. The van der Waals surface area contributed by atoms with Gasteiger partial charge in [-0.15, -0.1) is 0 Å². The monoisotopic (exact) mass is 245 g/mol. The summed E-state index contributed by atoms with van der Waals surface area (Å²) in [5, 5.41) is 16.2. The molecule has 18 heavy (non-hydrogen) atoms. The molecule has 1 aromatic heterocycles. The Kier molecular flexibility index (Phi) is 3.06. The highest BCUT2D eigenvalue weighted by molar-refractivity contribution is 5.93. The number of carbonyl (C=O) groups is 1. The predicted octanol–water partition coefficient (Wildman–Crippen LogP) is 2.48. The van der Waals surface area contributed by atoms with Crippen molar-refractivity contribution >= 4 is 17.3 Å². The Hall–Kier alpha value is -2.30. The molecule has 0 unspecified atom stereocenters. The fraction of sp³-hybridized carbons (Fsp3) is 0.231. The van der Waals surface area contributed by atoms with Crippen LogP contribution in [0.15, 0.2) is 24.4 Å². The largest absolute Gasteiger partial charge is 0.476 e. The molecule has 1 heterocycles. The van der Waals surface area contributed by atoms with Crippen molar-refractivity contribution in [1.82, 2.24) is 9.78 Å². The van der Waals surface area contributed by atoms with Gasteiger partial charge in [0, 0.05) is 12.7 Å². The fourth-order valence-corrected chi connectivity index (χ4v) is 1.88. The van der Waals surface area contributed by atoms with Crippen molar-refractivity contribution in [1.29, 1.82) is 0 Å². The van der Waals surface area contributed by atoms with Gasteiger partial charge < -0.3 is 10.4 Å². The Bertz CT molecular complexity index is 602. The molecule has 0 aliphatic rings. The van der Waals surface area contributed by atoms with Gasteiger partial charge in [-0.2, -0.15) is 5.10 Å². The number of carboxylic acids is 1. The van der Waals surface area contributed by atoms with Gasteiger partial charge in [-0.05, 0) is 25.5 Å². The molecule has 5 heteroatoms. The van der Waals surface area contributed by atoms with Crippen LogP contribution in [0.2, 0.25) is 0 Å². The van der Waals surface area contributed by atoms with Gasteiger partial charge in [0.15, 0.2) is 5.69 Å². The van der Waals surface area contributed by atoms with Crippen LogP contribution in [-0.4, -0.2) is 20.9 Å². The summed E-state index contributed by atoms with van der Waals surface area (Å²) in [6.07, 6.45) is 1.52. The summed E-state index contributed by atoms with van der Waals surface area (Å²) >= 11 is 0. The third-order valence-electron chi connectivity index (χ3n) is 2.79. The van der Waals surface area contributed by atoms with Gasteiger partial charge in [-0.3, -0.25) is 4.68 Å². The number of nitrogens with one attached hydrogen (secondary N) is 1. The van der Waals surface area contributed by atoms with Crippen molar-refractivity contribution in [3.8, 4) is 0 Å². The minimum absolute atomic E-state index is 0.148. The third kappa shape index (κ3) is 2.20. The molecule has 2 rings (SSSR count). The summed E-state index contributed by atoms with van der Waals surface area (Å²) in [6.45, 7) is 4.00. The lowest BCUT2D eigenvalue weighted by molar-refractivity contribution is 0.0686. The average molecular weight is 245 g/mol. The first kappa shape index (κ1) is 12.2. The van der Waals surface area contributed by atoms with Crippen LogP contribution in [0.5, 0.6) is 0 Å². The molecule has 0 radical (unpaired) electrons. The van der Waals surface area contributed by atoms with Crippen LogP contribution < -0.4 is 5.32 Å². The Balaban J connectivity index is 2.37. The quantitative estimate of drug-likeness (QED) is 0.871. The van der Waals surface area contributed by atoms with Gasteiger partial charge in [0.1, 0.15) is 0 Å². The zero-order chi connectivity index (χ0) is 13.3. The molecule has 0 saturated carbocycles. The summed E-state index contributed by atoms with van der Waals surface area (Å²) in [7, 11) is 1.61. The topological polar surface area (TPSA) is 67.2 Å². The van der Waals surface area contributed by atoms with Crippen LogP contribution in [0.1, 0.15) is 21.6 Å². The van der Waals surface area contributed by atoms with Crippen LogP contribution >= 0.6 is 0 Å². The van der Waals surface area contributed by atoms with E-state index in [1.54, 1.807) is 7.05 Å². The first-order valence-electron chi connectivity index (χ1n) is 5.58. The Morgan fingerprint density at radius 2 is 2.06 bits per heavy atom. The van der Waals surface area contributed by atoms with Crippen LogP contribution in [0.4, 0.5) is 11.4 Å². The summed E-state index contributed by atoms with van der Waals surface area (Å²) in [4.78, 5) is 11.1. The van der Waals surface area contributed by atoms with E-state index in [0.717, 1.165) is 11.3 Å². The fourth-order valence-electron chi connectivity index (χ4n) is 1.88. The number of carboxylic acid groups (broad SMARTS) is 1. The second-order valence-electron chi connectivity index (χ2n) is 4.28. The molecule has 2 N–H and O–H groups in total. The minimum Gasteiger partial charge on any atom is -0.476 e. The van der Waals surface area contributed by atoms with Crippen molar-refractivity contribution < 1.29 is 9.90 Å². The summed E-state index contributed by atoms with van der Waals surface area (Å²) in [5.41, 5.74) is 3.76. The molecule has 0 spiro atoms. The molecular formula is C13H15N3O2. The van der Waals surface area contributed by atoms with E-state index in [-0.39, 0.29) is 5.69 Å². The molecule has 94 valence electrons. The lowest BCUT2D eigenvalue weighted by atomic mass is 10.1. The number of aromatic nitrogens is 2. The van der Waals surface area contributed by atoms with Crippen LogP contribution in [-0.2, 0) is 7.05 Å². The summed E-state index contributed by atoms with van der Waals surface area (Å²) in [6, 6.07) is 5.95. The lowest BCUT2D eigenvalue weighted by Crippen LogP contribution is -2.08. The zero-order valence-corrected chi connectivity index (χ0v) is 10.6. The maximum atomic E-state index is 11.1. The highest BCUT2D eigenvalue weighted by atomic mass is 16.4. The van der Waals surface area contributed by atoms with E-state index in [1.807, 2.05) is 32.0 Å². The number of hydrogen-bond acceptors (Lipinski definition) is 3. The van der Waals surface area contributed by atoms with E-state index < -0.39 is 5.97 Å². The summed E-state index contributed by atoms with van der Waals surface area (Å²) < 4.78 is 1.34. The third-order valence-corrected chi connectivity index (χ3v) is 2.79. The number of benzene rings is 1. The highest BCUT2D eigenvalue weighted by Crippen LogP contribution is 2.23. The standard InChI is InChI=1S/C13H15N3O2/c1-8-4-5-10(9(2)6-8)15-11-7-14-16(3)12(11)13(17)18/h4-7,15H,1-3H3,(H,17,18). The van der Waals surface area contributed by atoms with Gasteiger partial charge in [0.2, 0.25) is 0 Å². The number of hydrogen-bond donors (Lipinski definition) is 2. The maximum absolute atomic E-state index is 11.1. The number of nitrogens with zero attached hydrogens (tertiary/aromatic N) is 2. The number of aryl methyl sites for hydroxylation is 3. The van der Waals surface area contributed by atoms with Crippen molar-refractivity contribution in [3.63, 3.8) is 0 Å². The van der Waals surface area contributed by atoms with E-state index in [4.69, 9.17) is 5.11 Å². The Morgan fingerprint density at radius 3 is 2.67 bits per heavy atom. The smallest absolute Gasteiger partial charge is 0.356 e. The number of aromatic carboxylic acids is 1. The van der Waals surface area contributed by atoms with Crippen molar-refractivity contribution in [2.45, 2.75) is 13.8 Å².